The van der Waals surface area contributed by atoms with Crippen LogP contribution in [0.4, 0.5) is 0 Å². The first-order chi connectivity index (χ1) is 14.9. The Morgan fingerprint density at radius 3 is 2.23 bits per heavy atom. The van der Waals surface area contributed by atoms with Crippen LogP contribution in [0.5, 0.6) is 11.5 Å². The lowest BCUT2D eigenvalue weighted by Gasteiger charge is -2.18. The van der Waals surface area contributed by atoms with Gasteiger partial charge in [-0.05, 0) is 53.6 Å². The molecule has 4 heteroatoms. The Morgan fingerprint density at radius 2 is 1.58 bits per heavy atom. The van der Waals surface area contributed by atoms with E-state index in [1.807, 2.05) is 18.2 Å². The van der Waals surface area contributed by atoms with Crippen LogP contribution in [0.25, 0.3) is 12.2 Å². The Balaban J connectivity index is 2.02. The van der Waals surface area contributed by atoms with Crippen LogP contribution in [-0.2, 0) is 5.41 Å². The zero-order valence-electron chi connectivity index (χ0n) is 19.3. The monoisotopic (exact) mass is 422 g/mol. The summed E-state index contributed by atoms with van der Waals surface area (Å²) in [6, 6.07) is 14.7. The van der Waals surface area contributed by atoms with Crippen LogP contribution < -0.4 is 20.5 Å². The molecular formula is C27H38N2O2. The summed E-state index contributed by atoms with van der Waals surface area (Å²) in [7, 11) is 0. The maximum Gasteiger partial charge on any atom is 0.124 e. The average Bonchev–Trinajstić information content (AvgIpc) is 2.75. The molecule has 0 amide bonds. The Bertz CT molecular complexity index is 820. The number of rotatable bonds is 13. The van der Waals surface area contributed by atoms with Crippen LogP contribution in [0.1, 0.15) is 50.3 Å². The van der Waals surface area contributed by atoms with Gasteiger partial charge in [-0.15, -0.1) is 0 Å². The second kappa shape index (κ2) is 13.0. The molecule has 0 saturated carbocycles. The second-order valence-electron chi connectivity index (χ2n) is 8.64. The van der Waals surface area contributed by atoms with E-state index in [-0.39, 0.29) is 5.41 Å². The molecule has 0 atom stereocenters. The molecule has 0 saturated heterocycles. The molecule has 0 unspecified atom stereocenters. The van der Waals surface area contributed by atoms with Crippen molar-refractivity contribution in [1.82, 2.24) is 5.32 Å². The third kappa shape index (κ3) is 9.41. The van der Waals surface area contributed by atoms with E-state index in [9.17, 15) is 0 Å². The van der Waals surface area contributed by atoms with Crippen LogP contribution in [0, 0.1) is 0 Å². The maximum absolute atomic E-state index is 5.99. The van der Waals surface area contributed by atoms with Crippen molar-refractivity contribution in [2.75, 3.05) is 32.8 Å². The highest BCUT2D eigenvalue weighted by atomic mass is 16.5. The average molecular weight is 423 g/mol. The molecule has 168 valence electrons. The summed E-state index contributed by atoms with van der Waals surface area (Å²) in [5, 5.41) is 3.30. The molecule has 4 nitrogen and oxygen atoms in total. The Morgan fingerprint density at radius 1 is 0.903 bits per heavy atom. The van der Waals surface area contributed by atoms with Crippen LogP contribution in [0.15, 0.2) is 55.1 Å². The van der Waals surface area contributed by atoms with Crippen molar-refractivity contribution in [3.63, 3.8) is 0 Å². The normalized spacial score (nSPS) is 11.6. The fraction of sp³-hybridized carbons (Fsp3) is 0.407. The number of ether oxygens (including phenoxy) is 2. The number of hydrogen-bond donors (Lipinski definition) is 2. The first kappa shape index (κ1) is 24.7. The van der Waals surface area contributed by atoms with Crippen LogP contribution in [-0.4, -0.2) is 32.8 Å². The van der Waals surface area contributed by atoms with Gasteiger partial charge >= 0.3 is 0 Å². The van der Waals surface area contributed by atoms with Gasteiger partial charge < -0.3 is 20.5 Å². The smallest absolute Gasteiger partial charge is 0.124 e. The van der Waals surface area contributed by atoms with Gasteiger partial charge in [0.25, 0.3) is 0 Å². The molecule has 3 N–H and O–H groups in total. The van der Waals surface area contributed by atoms with Crippen molar-refractivity contribution in [3.8, 4) is 11.5 Å². The predicted octanol–water partition coefficient (Wildman–Crippen LogP) is 5.43. The topological polar surface area (TPSA) is 56.5 Å². The minimum atomic E-state index is 0.159. The molecule has 0 heterocycles. The highest BCUT2D eigenvalue weighted by Gasteiger charge is 2.12. The van der Waals surface area contributed by atoms with Crippen molar-refractivity contribution in [2.45, 2.75) is 39.0 Å². The number of nitrogens with two attached hydrogens (primary N) is 1. The van der Waals surface area contributed by atoms with E-state index in [0.29, 0.717) is 19.8 Å². The van der Waals surface area contributed by atoms with Crippen molar-refractivity contribution >= 4 is 12.2 Å². The summed E-state index contributed by atoms with van der Waals surface area (Å²) in [4.78, 5) is 0. The number of benzene rings is 2. The fourth-order valence-electron chi connectivity index (χ4n) is 3.07. The summed E-state index contributed by atoms with van der Waals surface area (Å²) < 4.78 is 11.7. The van der Waals surface area contributed by atoms with E-state index in [0.717, 1.165) is 48.6 Å². The van der Waals surface area contributed by atoms with E-state index in [1.165, 1.54) is 5.56 Å². The Labute approximate surface area is 188 Å². The quantitative estimate of drug-likeness (QED) is 0.257. The summed E-state index contributed by atoms with van der Waals surface area (Å²) in [5.41, 5.74) is 9.18. The maximum atomic E-state index is 5.99. The highest BCUT2D eigenvalue weighted by Crippen LogP contribution is 2.26. The summed E-state index contributed by atoms with van der Waals surface area (Å²) in [5.74, 6) is 1.60. The lowest BCUT2D eigenvalue weighted by atomic mass is 9.87. The van der Waals surface area contributed by atoms with E-state index in [4.69, 9.17) is 15.2 Å². The molecule has 0 fully saturated rings. The molecule has 2 aromatic rings. The van der Waals surface area contributed by atoms with Gasteiger partial charge in [-0.2, -0.15) is 0 Å². The van der Waals surface area contributed by atoms with Crippen LogP contribution in [0.2, 0.25) is 0 Å². The molecule has 0 aliphatic carbocycles. The Hall–Kier alpha value is -2.56. The molecule has 2 rings (SSSR count). The lowest BCUT2D eigenvalue weighted by Crippen LogP contribution is -2.23. The Kier molecular flexibility index (Phi) is 10.3. The number of unbranched alkanes of at least 4 members (excludes halogenated alkanes) is 1. The first-order valence-corrected chi connectivity index (χ1v) is 11.1. The number of hydrogen-bond acceptors (Lipinski definition) is 4. The minimum Gasteiger partial charge on any atom is -0.493 e. The molecule has 31 heavy (non-hydrogen) atoms. The largest absolute Gasteiger partial charge is 0.493 e. The third-order valence-electron chi connectivity index (χ3n) is 4.85. The molecule has 0 aliphatic heterocycles. The van der Waals surface area contributed by atoms with Gasteiger partial charge in [0.05, 0.1) is 6.61 Å². The van der Waals surface area contributed by atoms with Crippen molar-refractivity contribution in [2.24, 2.45) is 5.73 Å². The summed E-state index contributed by atoms with van der Waals surface area (Å²) in [6.07, 6.45) is 8.00. The van der Waals surface area contributed by atoms with Crippen molar-refractivity contribution < 1.29 is 9.47 Å². The van der Waals surface area contributed by atoms with Crippen molar-refractivity contribution in [1.29, 1.82) is 0 Å². The van der Waals surface area contributed by atoms with Gasteiger partial charge in [0, 0.05) is 19.2 Å². The predicted molar refractivity (Wildman–Crippen MR) is 133 cm³/mol. The molecule has 0 aromatic heterocycles. The molecular weight excluding hydrogens is 384 g/mol. The fourth-order valence-corrected chi connectivity index (χ4v) is 3.07. The molecule has 0 spiro atoms. The minimum absolute atomic E-state index is 0.159. The summed E-state index contributed by atoms with van der Waals surface area (Å²) in [6.45, 7) is 14.0. The molecule has 2 aromatic carbocycles. The van der Waals surface area contributed by atoms with Crippen LogP contribution in [0.3, 0.4) is 0 Å². The van der Waals surface area contributed by atoms with Gasteiger partial charge in [0.1, 0.15) is 18.1 Å². The summed E-state index contributed by atoms with van der Waals surface area (Å²) >= 11 is 0. The lowest BCUT2D eigenvalue weighted by molar-refractivity contribution is 0.302. The third-order valence-corrected chi connectivity index (χ3v) is 4.85. The van der Waals surface area contributed by atoms with Gasteiger partial charge in [0.15, 0.2) is 0 Å². The van der Waals surface area contributed by atoms with Gasteiger partial charge in [-0.3, -0.25) is 0 Å². The van der Waals surface area contributed by atoms with Gasteiger partial charge in [-0.1, -0.05) is 69.8 Å². The number of nitrogens with one attached hydrogen (secondary N) is 1. The molecule has 0 aliphatic rings. The zero-order chi connectivity index (χ0) is 22.5. The van der Waals surface area contributed by atoms with E-state index in [1.54, 1.807) is 6.08 Å². The molecule has 0 bridgehead atoms. The molecule has 0 radical (unpaired) electrons. The van der Waals surface area contributed by atoms with E-state index in [2.05, 4.69) is 69.1 Å². The van der Waals surface area contributed by atoms with Gasteiger partial charge in [-0.25, -0.2) is 0 Å². The highest BCUT2D eigenvalue weighted by molar-refractivity contribution is 5.71. The first-order valence-electron chi connectivity index (χ1n) is 11.1. The van der Waals surface area contributed by atoms with E-state index < -0.39 is 0 Å². The van der Waals surface area contributed by atoms with Crippen molar-refractivity contribution in [3.05, 3.63) is 71.8 Å². The standard InChI is InChI=1S/C27H38N2O2/c1-5-17-30-25-19-23(9-8-22-10-12-24(13-11-22)27(2,3)4)20-26(21-25)31-18-7-6-15-29-16-14-28/h5,8-13,19-21,29H,1,6-7,14-18,28H2,2-4H3/b9-8+. The second-order valence-corrected chi connectivity index (χ2v) is 8.64. The zero-order valence-corrected chi connectivity index (χ0v) is 19.3. The van der Waals surface area contributed by atoms with Crippen LogP contribution >= 0.6 is 0 Å². The SMILES string of the molecule is C=CCOc1cc(/C=C/c2ccc(C(C)(C)C)cc2)cc(OCCCCNCCN)c1. The van der Waals surface area contributed by atoms with E-state index >= 15 is 0 Å². The van der Waals surface area contributed by atoms with Gasteiger partial charge in [0.2, 0.25) is 0 Å².